The molecule has 0 aliphatic carbocycles. The van der Waals surface area contributed by atoms with E-state index in [-0.39, 0.29) is 5.91 Å². The van der Waals surface area contributed by atoms with Crippen molar-refractivity contribution >= 4 is 13.0 Å². The molecule has 0 unspecified atom stereocenters. The summed E-state index contributed by atoms with van der Waals surface area (Å²) in [5, 5.41) is 2.76. The van der Waals surface area contributed by atoms with E-state index >= 15 is 0 Å². The minimum atomic E-state index is -0.505. The van der Waals surface area contributed by atoms with Crippen LogP contribution in [0.15, 0.2) is 48.2 Å². The molecule has 1 rings (SSSR count). The van der Waals surface area contributed by atoms with E-state index in [4.69, 9.17) is 9.39 Å². The molecule has 1 amide bonds. The smallest absolute Gasteiger partial charge is 0.451 e. The second-order valence-electron chi connectivity index (χ2n) is 3.85. The fourth-order valence-corrected chi connectivity index (χ4v) is 1.54. The highest BCUT2D eigenvalue weighted by Crippen LogP contribution is 2.14. The van der Waals surface area contributed by atoms with Crippen molar-refractivity contribution in [2.75, 3.05) is 13.2 Å². The van der Waals surface area contributed by atoms with Crippen LogP contribution in [0.2, 0.25) is 0 Å². The van der Waals surface area contributed by atoms with Crippen molar-refractivity contribution in [3.05, 3.63) is 48.2 Å². The molecule has 0 saturated heterocycles. The van der Waals surface area contributed by atoms with Crippen LogP contribution in [0, 0.1) is 0 Å². The van der Waals surface area contributed by atoms with E-state index < -0.39 is 7.05 Å². The van der Waals surface area contributed by atoms with Crippen LogP contribution in [0.5, 0.6) is 0 Å². The quantitative estimate of drug-likeness (QED) is 0.468. The highest BCUT2D eigenvalue weighted by molar-refractivity contribution is 6.61. The summed E-state index contributed by atoms with van der Waals surface area (Å²) in [6, 6.07) is 0. The third kappa shape index (κ3) is 3.63. The number of ether oxygens (including phenoxy) is 1. The number of carbonyl (C=O) groups is 1. The molecule has 0 radical (unpaired) electrons. The van der Waals surface area contributed by atoms with Gasteiger partial charge >= 0.3 is 7.05 Å². The molecule has 1 aliphatic heterocycles. The fourth-order valence-electron chi connectivity index (χ4n) is 1.54. The summed E-state index contributed by atoms with van der Waals surface area (Å²) in [5.41, 5.74) is 1.18. The molecule has 1 N–H and O–H groups in total. The first kappa shape index (κ1) is 14.3. The summed E-state index contributed by atoms with van der Waals surface area (Å²) in [5.74, 6) is 0.386. The van der Waals surface area contributed by atoms with Gasteiger partial charge in [0, 0.05) is 5.57 Å². The van der Waals surface area contributed by atoms with Crippen LogP contribution in [0.3, 0.4) is 0 Å². The largest absolute Gasteiger partial charge is 0.492 e. The molecule has 0 aromatic carbocycles. The minimum absolute atomic E-state index is 0.261. The van der Waals surface area contributed by atoms with E-state index in [9.17, 15) is 4.79 Å². The Bertz CT molecular complexity index is 412. The zero-order valence-electron chi connectivity index (χ0n) is 10.9. The van der Waals surface area contributed by atoms with E-state index in [0.29, 0.717) is 24.5 Å². The Kier molecular flexibility index (Phi) is 5.46. The maximum atomic E-state index is 11.8. The van der Waals surface area contributed by atoms with E-state index in [1.165, 1.54) is 0 Å². The molecule has 0 spiro atoms. The van der Waals surface area contributed by atoms with Crippen molar-refractivity contribution < 1.29 is 14.2 Å². The van der Waals surface area contributed by atoms with Gasteiger partial charge in [0.15, 0.2) is 0 Å². The summed E-state index contributed by atoms with van der Waals surface area (Å²) in [4.78, 5) is 11.8. The average molecular weight is 247 g/mol. The maximum Gasteiger partial charge on any atom is 0.451 e. The molecule has 18 heavy (non-hydrogen) atoms. The zero-order chi connectivity index (χ0) is 13.5. The molecule has 1 aliphatic rings. The molecule has 5 heteroatoms. The normalized spacial score (nSPS) is 16.2. The van der Waals surface area contributed by atoms with E-state index in [2.05, 4.69) is 18.4 Å². The van der Waals surface area contributed by atoms with Crippen molar-refractivity contribution in [3.63, 3.8) is 0 Å². The number of rotatable bonds is 4. The average Bonchev–Trinajstić information content (AvgIpc) is 2.52. The van der Waals surface area contributed by atoms with Crippen molar-refractivity contribution in [1.29, 1.82) is 0 Å². The first-order valence-electron chi connectivity index (χ1n) is 5.80. The van der Waals surface area contributed by atoms with Crippen LogP contribution in [0.4, 0.5) is 0 Å². The lowest BCUT2D eigenvalue weighted by Crippen LogP contribution is -2.43. The Morgan fingerprint density at radius 3 is 2.83 bits per heavy atom. The molecule has 0 aromatic rings. The summed E-state index contributed by atoms with van der Waals surface area (Å²) in [6.07, 6.45) is 5.02. The van der Waals surface area contributed by atoms with Crippen molar-refractivity contribution in [3.8, 4) is 0 Å². The van der Waals surface area contributed by atoms with Crippen molar-refractivity contribution in [2.24, 2.45) is 0 Å². The van der Waals surface area contributed by atoms with Gasteiger partial charge in [0.25, 0.3) is 0 Å². The Labute approximate surface area is 108 Å². The summed E-state index contributed by atoms with van der Waals surface area (Å²) in [7, 11) is -0.505. The summed E-state index contributed by atoms with van der Waals surface area (Å²) in [6.45, 7) is 11.9. The van der Waals surface area contributed by atoms with Gasteiger partial charge in [-0.25, -0.2) is 0 Å². The van der Waals surface area contributed by atoms with Crippen LogP contribution < -0.4 is 5.23 Å². The molecule has 96 valence electrons. The SMILES string of the molecule is C=CC1=C(C)B(NC(=O)C(=C)/C=C\C)OCCO1. The van der Waals surface area contributed by atoms with Gasteiger partial charge in [-0.2, -0.15) is 0 Å². The van der Waals surface area contributed by atoms with Crippen LogP contribution in [-0.4, -0.2) is 26.2 Å². The Hall–Kier alpha value is -1.75. The second kappa shape index (κ2) is 6.86. The van der Waals surface area contributed by atoms with Gasteiger partial charge in [-0.3, -0.25) is 4.79 Å². The minimum Gasteiger partial charge on any atom is -0.492 e. The molecular weight excluding hydrogens is 229 g/mol. The van der Waals surface area contributed by atoms with Crippen LogP contribution in [-0.2, 0) is 14.2 Å². The van der Waals surface area contributed by atoms with Crippen LogP contribution >= 0.6 is 0 Å². The van der Waals surface area contributed by atoms with Gasteiger partial charge < -0.3 is 14.6 Å². The number of carbonyl (C=O) groups excluding carboxylic acids is 1. The van der Waals surface area contributed by atoms with Gasteiger partial charge in [0.2, 0.25) is 5.91 Å². The third-order valence-electron chi connectivity index (χ3n) is 2.51. The number of hydrogen-bond donors (Lipinski definition) is 1. The molecule has 0 atom stereocenters. The number of amides is 1. The highest BCUT2D eigenvalue weighted by Gasteiger charge is 2.27. The van der Waals surface area contributed by atoms with E-state index in [1.54, 1.807) is 18.2 Å². The van der Waals surface area contributed by atoms with Gasteiger partial charge in [-0.1, -0.05) is 25.3 Å². The Morgan fingerprint density at radius 2 is 2.22 bits per heavy atom. The van der Waals surface area contributed by atoms with E-state index in [0.717, 1.165) is 5.47 Å². The van der Waals surface area contributed by atoms with Gasteiger partial charge in [-0.05, 0) is 25.4 Å². The molecule has 0 fully saturated rings. The van der Waals surface area contributed by atoms with Gasteiger partial charge in [-0.15, -0.1) is 0 Å². The molecular formula is C13H18BNO3. The summed E-state index contributed by atoms with van der Waals surface area (Å²) < 4.78 is 11.0. The molecule has 0 saturated carbocycles. The predicted molar refractivity (Wildman–Crippen MR) is 72.7 cm³/mol. The molecule has 0 aromatic heterocycles. The summed E-state index contributed by atoms with van der Waals surface area (Å²) >= 11 is 0. The zero-order valence-corrected chi connectivity index (χ0v) is 10.9. The second-order valence-corrected chi connectivity index (χ2v) is 3.85. The molecule has 4 nitrogen and oxygen atoms in total. The monoisotopic (exact) mass is 247 g/mol. The number of hydrogen-bond acceptors (Lipinski definition) is 3. The lowest BCUT2D eigenvalue weighted by molar-refractivity contribution is -0.115. The topological polar surface area (TPSA) is 47.6 Å². The molecule has 1 heterocycles. The van der Waals surface area contributed by atoms with Crippen LogP contribution in [0.1, 0.15) is 13.8 Å². The Balaban J connectivity index is 2.78. The van der Waals surface area contributed by atoms with Crippen molar-refractivity contribution in [1.82, 2.24) is 5.23 Å². The third-order valence-corrected chi connectivity index (χ3v) is 2.51. The number of nitrogens with one attached hydrogen (secondary N) is 1. The van der Waals surface area contributed by atoms with Gasteiger partial charge in [0.1, 0.15) is 12.4 Å². The predicted octanol–water partition coefficient (Wildman–Crippen LogP) is 1.77. The lowest BCUT2D eigenvalue weighted by Gasteiger charge is -2.13. The number of allylic oxidation sites excluding steroid dienone is 3. The maximum absolute atomic E-state index is 11.8. The Morgan fingerprint density at radius 1 is 1.50 bits per heavy atom. The standard InChI is InChI=1S/C13H18BNO3/c1-5-7-10(3)13(16)15-14-11(4)12(6-2)17-8-9-18-14/h5-7H,2-3,8-9H2,1,4H3,(H,15,16)/b7-5-. The van der Waals surface area contributed by atoms with Crippen molar-refractivity contribution in [2.45, 2.75) is 13.8 Å². The first-order chi connectivity index (χ1) is 8.60. The first-order valence-corrected chi connectivity index (χ1v) is 5.80. The van der Waals surface area contributed by atoms with E-state index in [1.807, 2.05) is 13.8 Å². The fraction of sp³-hybridized carbons (Fsp3) is 0.308. The van der Waals surface area contributed by atoms with Crippen LogP contribution in [0.25, 0.3) is 0 Å². The lowest BCUT2D eigenvalue weighted by atomic mass is 9.72. The highest BCUT2D eigenvalue weighted by atomic mass is 16.5. The molecule has 0 bridgehead atoms. The van der Waals surface area contributed by atoms with Gasteiger partial charge in [0.05, 0.1) is 6.61 Å².